The first-order valence-corrected chi connectivity index (χ1v) is 12.4. The van der Waals surface area contributed by atoms with E-state index in [0.29, 0.717) is 32.3 Å². The molecule has 3 aliphatic heterocycles. The Kier molecular flexibility index (Phi) is 7.53. The number of aromatic nitrogens is 4. The molecule has 0 unspecified atom stereocenters. The minimum Gasteiger partial charge on any atom is -0.378 e. The predicted molar refractivity (Wildman–Crippen MR) is 141 cm³/mol. The molecule has 2 atom stereocenters. The van der Waals surface area contributed by atoms with Crippen LogP contribution >= 0.6 is 12.4 Å². The Morgan fingerprint density at radius 1 is 1.11 bits per heavy atom. The fraction of sp³-hybridized carbons (Fsp3) is 0.625. The Balaban J connectivity index is 0.00000304. The van der Waals surface area contributed by atoms with Crippen molar-refractivity contribution in [2.24, 2.45) is 11.7 Å². The molecule has 4 N–H and O–H groups in total. The summed E-state index contributed by atoms with van der Waals surface area (Å²) in [6.07, 6.45) is 5.12. The van der Waals surface area contributed by atoms with Gasteiger partial charge < -0.3 is 30.9 Å². The van der Waals surface area contributed by atoms with Gasteiger partial charge in [-0.05, 0) is 25.7 Å². The molecular weight excluding hydrogens is 482 g/mol. The summed E-state index contributed by atoms with van der Waals surface area (Å²) in [4.78, 5) is 37.9. The smallest absolute Gasteiger partial charge is 0.239 e. The first kappa shape index (κ1) is 26.3. The van der Waals surface area contributed by atoms with Crippen molar-refractivity contribution in [3.63, 3.8) is 0 Å². The van der Waals surface area contributed by atoms with Gasteiger partial charge in [-0.2, -0.15) is 4.98 Å². The van der Waals surface area contributed by atoms with Crippen LogP contribution in [0, 0.1) is 5.92 Å². The summed E-state index contributed by atoms with van der Waals surface area (Å²) in [5.41, 5.74) is 14.4. The average molecular weight is 518 g/mol. The summed E-state index contributed by atoms with van der Waals surface area (Å²) in [5.74, 6) is 1.98. The number of halogens is 1. The lowest BCUT2D eigenvalue weighted by atomic mass is 9.99. The maximum atomic E-state index is 13.0. The van der Waals surface area contributed by atoms with Gasteiger partial charge in [0.15, 0.2) is 0 Å². The summed E-state index contributed by atoms with van der Waals surface area (Å²) >= 11 is 0. The number of hydrogen-bond acceptors (Lipinski definition) is 10. The summed E-state index contributed by atoms with van der Waals surface area (Å²) in [7, 11) is 0. The molecule has 11 nitrogen and oxygen atoms in total. The van der Waals surface area contributed by atoms with Gasteiger partial charge in [0.05, 0.1) is 30.5 Å². The predicted octanol–water partition coefficient (Wildman–Crippen LogP) is 1.11. The standard InChI is InChI=1S/C24H35N9O2.ClH/c1-15(2)18(25)21(34)32-7-5-24(3,14-32)33-6-4-17-19(16-12-27-22(26)28-13-16)29-23(30-20(17)33)31-8-10-35-11-9-31;/h12-13,15,18H,4-11,14,25H2,1-3H3,(H2,26,27,28);1H/t18-,24-;/m0./s1. The zero-order chi connectivity index (χ0) is 24.7. The fourth-order valence-electron chi connectivity index (χ4n) is 5.22. The summed E-state index contributed by atoms with van der Waals surface area (Å²) in [5, 5.41) is 0. The normalized spacial score (nSPS) is 22.5. The molecule has 0 aliphatic carbocycles. The third-order valence-electron chi connectivity index (χ3n) is 7.47. The van der Waals surface area contributed by atoms with E-state index in [1.165, 1.54) is 0 Å². The van der Waals surface area contributed by atoms with E-state index in [1.807, 2.05) is 18.7 Å². The first-order chi connectivity index (χ1) is 16.8. The minimum atomic E-state index is -0.476. The van der Waals surface area contributed by atoms with Crippen LogP contribution < -0.4 is 21.3 Å². The van der Waals surface area contributed by atoms with Crippen LogP contribution in [0.15, 0.2) is 12.4 Å². The number of anilines is 3. The molecule has 0 saturated carbocycles. The molecule has 196 valence electrons. The van der Waals surface area contributed by atoms with Gasteiger partial charge in [-0.25, -0.2) is 15.0 Å². The highest BCUT2D eigenvalue weighted by Crippen LogP contribution is 2.41. The molecule has 5 heterocycles. The number of fused-ring (bicyclic) bond motifs is 1. The van der Waals surface area contributed by atoms with Crippen molar-refractivity contribution in [2.75, 3.05) is 61.5 Å². The lowest BCUT2D eigenvalue weighted by molar-refractivity contribution is -0.132. The highest BCUT2D eigenvalue weighted by Gasteiger charge is 2.45. The largest absolute Gasteiger partial charge is 0.378 e. The Morgan fingerprint density at radius 3 is 2.47 bits per heavy atom. The molecule has 3 aliphatic rings. The van der Waals surface area contributed by atoms with Crippen LogP contribution in [0.4, 0.5) is 17.7 Å². The van der Waals surface area contributed by atoms with Gasteiger partial charge in [0, 0.05) is 56.2 Å². The topological polar surface area (TPSA) is 140 Å². The molecule has 2 aromatic rings. The molecule has 0 bridgehead atoms. The highest BCUT2D eigenvalue weighted by molar-refractivity contribution is 5.85. The van der Waals surface area contributed by atoms with E-state index >= 15 is 0 Å². The monoisotopic (exact) mass is 517 g/mol. The second kappa shape index (κ2) is 10.3. The number of nitrogens with zero attached hydrogens (tertiary/aromatic N) is 7. The zero-order valence-electron chi connectivity index (χ0n) is 21.2. The van der Waals surface area contributed by atoms with Crippen LogP contribution in [-0.4, -0.2) is 88.3 Å². The first-order valence-electron chi connectivity index (χ1n) is 12.4. The Morgan fingerprint density at radius 2 is 1.81 bits per heavy atom. The molecule has 1 amide bonds. The van der Waals surface area contributed by atoms with Crippen LogP contribution in [0.2, 0.25) is 0 Å². The van der Waals surface area contributed by atoms with Gasteiger partial charge in [-0.1, -0.05) is 13.8 Å². The molecule has 5 rings (SSSR count). The number of carbonyl (C=O) groups is 1. The van der Waals surface area contributed by atoms with Crippen LogP contribution in [0.5, 0.6) is 0 Å². The maximum Gasteiger partial charge on any atom is 0.239 e. The van der Waals surface area contributed by atoms with E-state index < -0.39 is 6.04 Å². The fourth-order valence-corrected chi connectivity index (χ4v) is 5.22. The van der Waals surface area contributed by atoms with Crippen molar-refractivity contribution in [2.45, 2.75) is 45.2 Å². The lowest BCUT2D eigenvalue weighted by Crippen LogP contribution is -2.51. The van der Waals surface area contributed by atoms with Crippen molar-refractivity contribution >= 4 is 36.0 Å². The highest BCUT2D eigenvalue weighted by atomic mass is 35.5. The lowest BCUT2D eigenvalue weighted by Gasteiger charge is -2.37. The zero-order valence-corrected chi connectivity index (χ0v) is 22.0. The molecule has 2 fully saturated rings. The van der Waals surface area contributed by atoms with Gasteiger partial charge in [0.1, 0.15) is 5.82 Å². The van der Waals surface area contributed by atoms with E-state index in [4.69, 9.17) is 26.2 Å². The number of likely N-dealkylation sites (tertiary alicyclic amines) is 1. The summed E-state index contributed by atoms with van der Waals surface area (Å²) in [6.45, 7) is 11.1. The molecule has 0 aromatic carbocycles. The minimum absolute atomic E-state index is 0. The van der Waals surface area contributed by atoms with Crippen molar-refractivity contribution in [1.82, 2.24) is 24.8 Å². The van der Waals surface area contributed by atoms with Crippen LogP contribution in [0.3, 0.4) is 0 Å². The van der Waals surface area contributed by atoms with Gasteiger partial charge in [0.2, 0.25) is 17.8 Å². The number of rotatable bonds is 5. The average Bonchev–Trinajstić information content (AvgIpc) is 3.48. The number of ether oxygens (including phenoxy) is 1. The van der Waals surface area contributed by atoms with E-state index in [0.717, 1.165) is 55.1 Å². The SMILES string of the molecule is CC(C)[C@H](N)C(=O)N1CC[C@](C)(N2CCc3c(-c4cnc(N)nc4)nc(N4CCOCC4)nc32)C1.Cl. The second-order valence-corrected chi connectivity index (χ2v) is 10.3. The van der Waals surface area contributed by atoms with Crippen LogP contribution in [-0.2, 0) is 16.0 Å². The maximum absolute atomic E-state index is 13.0. The number of nitrogens with two attached hydrogens (primary N) is 2. The number of nitrogen functional groups attached to an aromatic ring is 1. The van der Waals surface area contributed by atoms with Gasteiger partial charge >= 0.3 is 0 Å². The van der Waals surface area contributed by atoms with E-state index in [9.17, 15) is 4.79 Å². The number of amides is 1. The molecule has 0 spiro atoms. The third kappa shape index (κ3) is 4.79. The van der Waals surface area contributed by atoms with Gasteiger partial charge in [-0.15, -0.1) is 12.4 Å². The van der Waals surface area contributed by atoms with Gasteiger partial charge in [-0.3, -0.25) is 4.79 Å². The summed E-state index contributed by atoms with van der Waals surface area (Å²) < 4.78 is 5.54. The molecule has 36 heavy (non-hydrogen) atoms. The number of carbonyl (C=O) groups excluding carboxylic acids is 1. The van der Waals surface area contributed by atoms with Crippen molar-refractivity contribution in [3.05, 3.63) is 18.0 Å². The quantitative estimate of drug-likeness (QED) is 0.592. The summed E-state index contributed by atoms with van der Waals surface area (Å²) in [6, 6.07) is -0.476. The molecular formula is C24H36ClN9O2. The van der Waals surface area contributed by atoms with Crippen molar-refractivity contribution in [3.8, 4) is 11.3 Å². The molecule has 0 radical (unpaired) electrons. The molecule has 2 aromatic heterocycles. The third-order valence-corrected chi connectivity index (χ3v) is 7.47. The van der Waals surface area contributed by atoms with Gasteiger partial charge in [0.25, 0.3) is 0 Å². The van der Waals surface area contributed by atoms with E-state index in [1.54, 1.807) is 12.4 Å². The molecule has 12 heteroatoms. The Hall–Kier alpha value is -2.76. The Labute approximate surface area is 218 Å². The van der Waals surface area contributed by atoms with Crippen molar-refractivity contribution in [1.29, 1.82) is 0 Å². The second-order valence-electron chi connectivity index (χ2n) is 10.3. The number of morpholine rings is 1. The van der Waals surface area contributed by atoms with E-state index in [-0.39, 0.29) is 35.7 Å². The number of hydrogen-bond donors (Lipinski definition) is 2. The Bertz CT molecular complexity index is 1090. The van der Waals surface area contributed by atoms with Crippen LogP contribution in [0.1, 0.15) is 32.8 Å². The van der Waals surface area contributed by atoms with Crippen LogP contribution in [0.25, 0.3) is 11.3 Å². The van der Waals surface area contributed by atoms with E-state index in [2.05, 4.69) is 26.7 Å². The van der Waals surface area contributed by atoms with Crippen molar-refractivity contribution < 1.29 is 9.53 Å². The molecule has 2 saturated heterocycles.